The van der Waals surface area contributed by atoms with E-state index in [0.29, 0.717) is 18.5 Å². The van der Waals surface area contributed by atoms with Gasteiger partial charge in [0.2, 0.25) is 0 Å². The molecule has 0 bridgehead atoms. The van der Waals surface area contributed by atoms with Gasteiger partial charge >= 0.3 is 0 Å². The standard InChI is InChI=1S/C20H21FN4O/c1-25-13-22-12-18(25)15-7-14-8-16(23-11-17(14)24-10-15)9-19(26)20(21)5-3-2-4-6-20/h7-8,10-13H,2-6,9H2,1H3. The molecule has 5 nitrogen and oxygen atoms in total. The zero-order valence-electron chi connectivity index (χ0n) is 14.8. The smallest absolute Gasteiger partial charge is 0.175 e. The van der Waals surface area contributed by atoms with E-state index in [0.717, 1.165) is 41.4 Å². The number of ketones is 1. The zero-order valence-corrected chi connectivity index (χ0v) is 14.8. The Labute approximate surface area is 151 Å². The van der Waals surface area contributed by atoms with Crippen molar-refractivity contribution in [2.45, 2.75) is 44.2 Å². The van der Waals surface area contributed by atoms with E-state index in [4.69, 9.17) is 0 Å². The number of carbonyl (C=O) groups excluding carboxylic acids is 1. The van der Waals surface area contributed by atoms with E-state index in [1.807, 2.05) is 23.7 Å². The Kier molecular flexibility index (Phi) is 4.26. The van der Waals surface area contributed by atoms with E-state index in [2.05, 4.69) is 15.0 Å². The summed E-state index contributed by atoms with van der Waals surface area (Å²) < 4.78 is 16.8. The first kappa shape index (κ1) is 16.8. The van der Waals surface area contributed by atoms with Gasteiger partial charge in [-0.3, -0.25) is 14.8 Å². The molecule has 0 unspecified atom stereocenters. The molecule has 0 spiro atoms. The number of nitrogens with zero attached hydrogens (tertiary/aromatic N) is 4. The predicted molar refractivity (Wildman–Crippen MR) is 97.4 cm³/mol. The molecule has 0 saturated heterocycles. The van der Waals surface area contributed by atoms with E-state index in [1.54, 1.807) is 24.9 Å². The van der Waals surface area contributed by atoms with Crippen molar-refractivity contribution >= 4 is 16.7 Å². The number of halogens is 1. The van der Waals surface area contributed by atoms with Gasteiger partial charge in [0, 0.05) is 29.9 Å². The summed E-state index contributed by atoms with van der Waals surface area (Å²) in [5, 5.41) is 0.887. The highest BCUT2D eigenvalue weighted by atomic mass is 19.1. The lowest BCUT2D eigenvalue weighted by atomic mass is 9.82. The molecule has 4 rings (SSSR count). The van der Waals surface area contributed by atoms with Crippen LogP contribution in [0.2, 0.25) is 0 Å². The molecule has 1 aliphatic rings. The van der Waals surface area contributed by atoms with E-state index < -0.39 is 5.67 Å². The fraction of sp³-hybridized carbons (Fsp3) is 0.400. The van der Waals surface area contributed by atoms with Crippen molar-refractivity contribution in [3.8, 4) is 11.3 Å². The van der Waals surface area contributed by atoms with Crippen LogP contribution in [0.15, 0.2) is 37.1 Å². The second kappa shape index (κ2) is 6.59. The minimum absolute atomic E-state index is 0.0301. The molecule has 0 radical (unpaired) electrons. The minimum Gasteiger partial charge on any atom is -0.334 e. The highest BCUT2D eigenvalue weighted by molar-refractivity contribution is 5.90. The molecule has 26 heavy (non-hydrogen) atoms. The lowest BCUT2D eigenvalue weighted by Crippen LogP contribution is -2.37. The summed E-state index contributed by atoms with van der Waals surface area (Å²) >= 11 is 0. The quantitative estimate of drug-likeness (QED) is 0.716. The van der Waals surface area contributed by atoms with E-state index in [-0.39, 0.29) is 12.2 Å². The number of aromatic nitrogens is 4. The number of aryl methyl sites for hydroxylation is 1. The molecule has 3 heterocycles. The molecule has 0 aliphatic heterocycles. The van der Waals surface area contributed by atoms with Gasteiger partial charge in [0.25, 0.3) is 0 Å². The number of alkyl halides is 1. The first-order chi connectivity index (χ1) is 12.5. The number of imidazole rings is 1. The van der Waals surface area contributed by atoms with Crippen molar-refractivity contribution in [3.05, 3.63) is 42.7 Å². The monoisotopic (exact) mass is 352 g/mol. The molecule has 0 amide bonds. The van der Waals surface area contributed by atoms with Gasteiger partial charge in [-0.05, 0) is 37.8 Å². The number of hydrogen-bond donors (Lipinski definition) is 0. The topological polar surface area (TPSA) is 60.7 Å². The van der Waals surface area contributed by atoms with Crippen molar-refractivity contribution in [2.24, 2.45) is 7.05 Å². The maximum absolute atomic E-state index is 14.9. The van der Waals surface area contributed by atoms with Gasteiger partial charge in [-0.25, -0.2) is 9.37 Å². The van der Waals surface area contributed by atoms with Gasteiger partial charge in [-0.2, -0.15) is 0 Å². The van der Waals surface area contributed by atoms with Crippen molar-refractivity contribution in [3.63, 3.8) is 0 Å². The van der Waals surface area contributed by atoms with Crippen LogP contribution >= 0.6 is 0 Å². The van der Waals surface area contributed by atoms with Crippen molar-refractivity contribution in [2.75, 3.05) is 0 Å². The second-order valence-electron chi connectivity index (χ2n) is 7.11. The molecule has 6 heteroatoms. The summed E-state index contributed by atoms with van der Waals surface area (Å²) in [5.74, 6) is -0.347. The summed E-state index contributed by atoms with van der Waals surface area (Å²) in [4.78, 5) is 25.4. The molecule has 3 aromatic heterocycles. The Morgan fingerprint density at radius 2 is 1.96 bits per heavy atom. The normalized spacial score (nSPS) is 16.7. The molecule has 0 atom stereocenters. The van der Waals surface area contributed by atoms with E-state index in [9.17, 15) is 9.18 Å². The number of Topliss-reactive ketones (excluding diaryl/α,β-unsaturated/α-hetero) is 1. The van der Waals surface area contributed by atoms with Crippen LogP contribution in [0.1, 0.15) is 37.8 Å². The van der Waals surface area contributed by atoms with Crippen molar-refractivity contribution in [1.82, 2.24) is 19.5 Å². The molecule has 134 valence electrons. The van der Waals surface area contributed by atoms with E-state index in [1.165, 1.54) is 0 Å². The average Bonchev–Trinajstić information content (AvgIpc) is 3.07. The van der Waals surface area contributed by atoms with Gasteiger partial charge in [0.15, 0.2) is 11.5 Å². The number of fused-ring (bicyclic) bond motifs is 1. The van der Waals surface area contributed by atoms with Crippen LogP contribution in [-0.2, 0) is 18.3 Å². The minimum atomic E-state index is -1.68. The molecular weight excluding hydrogens is 331 g/mol. The SMILES string of the molecule is Cn1cncc1-c1cnc2cnc(CC(=O)C3(F)CCCCC3)cc2c1. The van der Waals surface area contributed by atoms with Gasteiger partial charge in [0.05, 0.1) is 36.4 Å². The highest BCUT2D eigenvalue weighted by Gasteiger charge is 2.39. The average molecular weight is 352 g/mol. The van der Waals surface area contributed by atoms with Crippen LogP contribution in [0, 0.1) is 0 Å². The van der Waals surface area contributed by atoms with Gasteiger partial charge in [-0.1, -0.05) is 6.42 Å². The van der Waals surface area contributed by atoms with Gasteiger partial charge < -0.3 is 4.57 Å². The van der Waals surface area contributed by atoms with Gasteiger partial charge in [-0.15, -0.1) is 0 Å². The fourth-order valence-corrected chi connectivity index (χ4v) is 3.66. The van der Waals surface area contributed by atoms with Crippen LogP contribution in [0.25, 0.3) is 22.2 Å². The van der Waals surface area contributed by atoms with Crippen molar-refractivity contribution < 1.29 is 9.18 Å². The number of rotatable bonds is 4. The largest absolute Gasteiger partial charge is 0.334 e. The second-order valence-corrected chi connectivity index (χ2v) is 7.11. The lowest BCUT2D eigenvalue weighted by Gasteiger charge is -2.27. The Bertz CT molecular complexity index is 959. The third-order valence-electron chi connectivity index (χ3n) is 5.22. The Morgan fingerprint density at radius 3 is 2.69 bits per heavy atom. The molecule has 3 aromatic rings. The van der Waals surface area contributed by atoms with Crippen LogP contribution in [0.5, 0.6) is 0 Å². The first-order valence-corrected chi connectivity index (χ1v) is 8.99. The Hall–Kier alpha value is -2.63. The third kappa shape index (κ3) is 3.11. The van der Waals surface area contributed by atoms with E-state index >= 15 is 0 Å². The fourth-order valence-electron chi connectivity index (χ4n) is 3.66. The molecule has 0 aromatic carbocycles. The number of hydrogen-bond acceptors (Lipinski definition) is 4. The predicted octanol–water partition coefficient (Wildman–Crippen LogP) is 3.81. The number of carbonyl (C=O) groups is 1. The number of pyridine rings is 2. The molecule has 1 aliphatic carbocycles. The Morgan fingerprint density at radius 1 is 1.15 bits per heavy atom. The summed E-state index contributed by atoms with van der Waals surface area (Å²) in [6, 6.07) is 3.84. The van der Waals surface area contributed by atoms with Crippen molar-refractivity contribution in [1.29, 1.82) is 0 Å². The molecular formula is C20H21FN4O. The molecule has 0 N–H and O–H groups in total. The first-order valence-electron chi connectivity index (χ1n) is 8.99. The summed E-state index contributed by atoms with van der Waals surface area (Å²) in [7, 11) is 1.92. The third-order valence-corrected chi connectivity index (χ3v) is 5.22. The summed E-state index contributed by atoms with van der Waals surface area (Å²) in [6.45, 7) is 0. The van der Waals surface area contributed by atoms with Crippen LogP contribution < -0.4 is 0 Å². The Balaban J connectivity index is 1.62. The maximum atomic E-state index is 14.9. The van der Waals surface area contributed by atoms with Crippen LogP contribution in [0.3, 0.4) is 0 Å². The summed E-state index contributed by atoms with van der Waals surface area (Å²) in [6.07, 6.45) is 10.2. The lowest BCUT2D eigenvalue weighted by molar-refractivity contribution is -0.132. The maximum Gasteiger partial charge on any atom is 0.175 e. The van der Waals surface area contributed by atoms with Crippen LogP contribution in [0.4, 0.5) is 4.39 Å². The zero-order chi connectivity index (χ0) is 18.1. The summed E-state index contributed by atoms with van der Waals surface area (Å²) in [5.41, 5.74) is 1.56. The van der Waals surface area contributed by atoms with Gasteiger partial charge in [0.1, 0.15) is 0 Å². The highest BCUT2D eigenvalue weighted by Crippen LogP contribution is 2.33. The molecule has 1 saturated carbocycles. The van der Waals surface area contributed by atoms with Crippen LogP contribution in [-0.4, -0.2) is 31.0 Å². The molecule has 1 fully saturated rings.